The number of ether oxygens (including phenoxy) is 3. The molecule has 0 aliphatic carbocycles. The molecule has 0 unspecified atom stereocenters. The number of methoxy groups -OCH3 is 1. The first-order valence-corrected chi connectivity index (χ1v) is 12.4. The number of hydrogen-bond acceptors (Lipinski definition) is 6. The fraction of sp³-hybridized carbons (Fsp3) is 0.226. The van der Waals surface area contributed by atoms with Gasteiger partial charge in [-0.25, -0.2) is 4.79 Å². The third-order valence-electron chi connectivity index (χ3n) is 7.40. The van der Waals surface area contributed by atoms with Crippen LogP contribution in [-0.4, -0.2) is 34.5 Å². The average molecular weight is 510 g/mol. The highest BCUT2D eigenvalue weighted by molar-refractivity contribution is 6.04. The fourth-order valence-electron chi connectivity index (χ4n) is 5.52. The van der Waals surface area contributed by atoms with E-state index in [2.05, 4.69) is 0 Å². The Labute approximate surface area is 218 Å². The van der Waals surface area contributed by atoms with Gasteiger partial charge in [-0.05, 0) is 48.9 Å². The summed E-state index contributed by atoms with van der Waals surface area (Å²) in [5, 5.41) is 14.6. The molecule has 5 aromatic rings. The molecule has 7 heteroatoms. The molecule has 0 bridgehead atoms. The van der Waals surface area contributed by atoms with Crippen LogP contribution < -0.4 is 14.9 Å². The van der Waals surface area contributed by atoms with Crippen molar-refractivity contribution in [1.29, 1.82) is 0 Å². The van der Waals surface area contributed by atoms with Gasteiger partial charge in [0.2, 0.25) is 5.43 Å². The van der Waals surface area contributed by atoms with Crippen molar-refractivity contribution in [2.45, 2.75) is 31.7 Å². The molecule has 2 atom stereocenters. The predicted molar refractivity (Wildman–Crippen MR) is 146 cm³/mol. The Morgan fingerprint density at radius 1 is 1.00 bits per heavy atom. The molecule has 0 saturated carbocycles. The maximum Gasteiger partial charge on any atom is 0.338 e. The van der Waals surface area contributed by atoms with Crippen LogP contribution in [0.3, 0.4) is 0 Å². The fourth-order valence-corrected chi connectivity index (χ4v) is 5.52. The summed E-state index contributed by atoms with van der Waals surface area (Å²) < 4.78 is 19.7. The van der Waals surface area contributed by atoms with E-state index in [-0.39, 0.29) is 5.43 Å². The van der Waals surface area contributed by atoms with Crippen LogP contribution in [0.4, 0.5) is 0 Å². The van der Waals surface area contributed by atoms with Crippen LogP contribution in [0.15, 0.2) is 77.6 Å². The molecule has 0 spiro atoms. The van der Waals surface area contributed by atoms with E-state index in [4.69, 9.17) is 14.2 Å². The molecular weight excluding hydrogens is 482 g/mol. The van der Waals surface area contributed by atoms with Gasteiger partial charge in [-0.1, -0.05) is 42.5 Å². The normalized spacial score (nSPS) is 18.2. The van der Waals surface area contributed by atoms with E-state index in [9.17, 15) is 14.7 Å². The number of benzene rings is 4. The van der Waals surface area contributed by atoms with Gasteiger partial charge < -0.3 is 23.9 Å². The molecule has 2 heterocycles. The highest BCUT2D eigenvalue weighted by atomic mass is 16.6. The summed E-state index contributed by atoms with van der Waals surface area (Å²) in [5.41, 5.74) is 0.629. The zero-order valence-electron chi connectivity index (χ0n) is 21.5. The number of aryl methyl sites for hydroxylation is 1. The van der Waals surface area contributed by atoms with Crippen LogP contribution in [-0.2, 0) is 11.8 Å². The van der Waals surface area contributed by atoms with E-state index in [1.54, 1.807) is 44.2 Å². The Kier molecular flexibility index (Phi) is 5.43. The van der Waals surface area contributed by atoms with Crippen molar-refractivity contribution in [3.63, 3.8) is 0 Å². The van der Waals surface area contributed by atoms with Gasteiger partial charge in [0, 0.05) is 18.5 Å². The molecule has 4 aromatic carbocycles. The van der Waals surface area contributed by atoms with E-state index in [0.29, 0.717) is 44.4 Å². The maximum atomic E-state index is 13.9. The summed E-state index contributed by atoms with van der Waals surface area (Å²) in [6.45, 7) is 3.51. The van der Waals surface area contributed by atoms with Crippen LogP contribution >= 0.6 is 0 Å². The summed E-state index contributed by atoms with van der Waals surface area (Å²) in [7, 11) is 3.34. The Balaban J connectivity index is 1.62. The molecule has 0 radical (unpaired) electrons. The number of aliphatic hydroxyl groups excluding tert-OH is 1. The lowest BCUT2D eigenvalue weighted by molar-refractivity contribution is -0.118. The van der Waals surface area contributed by atoms with Crippen LogP contribution in [0.1, 0.15) is 35.9 Å². The molecule has 0 fully saturated rings. The minimum Gasteiger partial charge on any atom is -0.496 e. The number of carbonyl (C=O) groups is 1. The molecule has 7 nitrogen and oxygen atoms in total. The Hall–Kier alpha value is -4.36. The third kappa shape index (κ3) is 3.54. The smallest absolute Gasteiger partial charge is 0.338 e. The number of aromatic nitrogens is 1. The number of esters is 1. The van der Waals surface area contributed by atoms with E-state index < -0.39 is 23.8 Å². The van der Waals surface area contributed by atoms with E-state index in [0.717, 1.165) is 10.8 Å². The lowest BCUT2D eigenvalue weighted by Gasteiger charge is -2.42. The number of hydrogen-bond donors (Lipinski definition) is 1. The summed E-state index contributed by atoms with van der Waals surface area (Å²) in [6, 6.07) is 21.9. The zero-order valence-corrected chi connectivity index (χ0v) is 21.5. The SMILES string of the molecule is COc1cc2c(c3c1c(=O)c1cc4ccccc4cc1n3C)[C@H](O)[C@H](OC(=O)c1ccccc1)C(C)(C)O2. The van der Waals surface area contributed by atoms with Crippen LogP contribution in [0.25, 0.3) is 32.6 Å². The number of pyridine rings is 1. The minimum absolute atomic E-state index is 0.214. The van der Waals surface area contributed by atoms with Crippen molar-refractivity contribution in [1.82, 2.24) is 4.57 Å². The van der Waals surface area contributed by atoms with Crippen molar-refractivity contribution in [3.8, 4) is 11.5 Å². The van der Waals surface area contributed by atoms with Gasteiger partial charge in [0.25, 0.3) is 0 Å². The molecule has 0 amide bonds. The van der Waals surface area contributed by atoms with Gasteiger partial charge in [-0.15, -0.1) is 0 Å². The van der Waals surface area contributed by atoms with Crippen LogP contribution in [0.2, 0.25) is 0 Å². The van der Waals surface area contributed by atoms with Crippen molar-refractivity contribution in [2.75, 3.05) is 7.11 Å². The first kappa shape index (κ1) is 24.0. The standard InChI is InChI=1S/C31H27NO6/c1-31(2)29(37-30(35)17-10-6-5-7-11-17)28(34)25-23(38-31)16-22(36-4)24-26(25)32(3)21-15-19-13-9-8-12-18(19)14-20(21)27(24)33/h5-16,28-29,34H,1-4H3/t28-,29-/m0/s1. The van der Waals surface area contributed by atoms with E-state index in [1.165, 1.54) is 7.11 Å². The van der Waals surface area contributed by atoms with Gasteiger partial charge in [0.15, 0.2) is 6.10 Å². The molecule has 6 rings (SSSR count). The number of rotatable bonds is 3. The van der Waals surface area contributed by atoms with E-state index >= 15 is 0 Å². The van der Waals surface area contributed by atoms with Crippen LogP contribution in [0, 0.1) is 0 Å². The number of fused-ring (bicyclic) bond motifs is 5. The number of nitrogens with zero attached hydrogens (tertiary/aromatic N) is 1. The molecule has 0 saturated heterocycles. The first-order chi connectivity index (χ1) is 18.2. The Bertz CT molecular complexity index is 1810. The molecule has 38 heavy (non-hydrogen) atoms. The highest BCUT2D eigenvalue weighted by Crippen LogP contribution is 2.47. The predicted octanol–water partition coefficient (Wildman–Crippen LogP) is 5.28. The van der Waals surface area contributed by atoms with Crippen molar-refractivity contribution < 1.29 is 24.1 Å². The highest BCUT2D eigenvalue weighted by Gasteiger charge is 2.48. The Morgan fingerprint density at radius 2 is 1.66 bits per heavy atom. The zero-order chi connectivity index (χ0) is 26.8. The number of aliphatic hydroxyl groups is 1. The van der Waals surface area contributed by atoms with Gasteiger partial charge in [0.1, 0.15) is 23.2 Å². The van der Waals surface area contributed by atoms with Gasteiger partial charge in [-0.3, -0.25) is 4.79 Å². The summed E-state index contributed by atoms with van der Waals surface area (Å²) in [4.78, 5) is 26.9. The Morgan fingerprint density at radius 3 is 2.34 bits per heavy atom. The molecule has 1 aromatic heterocycles. The molecule has 1 N–H and O–H groups in total. The van der Waals surface area contributed by atoms with Gasteiger partial charge in [-0.2, -0.15) is 0 Å². The van der Waals surface area contributed by atoms with Gasteiger partial charge >= 0.3 is 5.97 Å². The van der Waals surface area contributed by atoms with Gasteiger partial charge in [0.05, 0.1) is 34.7 Å². The molecular formula is C31H27NO6. The molecule has 1 aliphatic heterocycles. The molecule has 192 valence electrons. The quantitative estimate of drug-likeness (QED) is 0.263. The topological polar surface area (TPSA) is 87.0 Å². The number of carbonyl (C=O) groups excluding carboxylic acids is 1. The second-order valence-electron chi connectivity index (χ2n) is 10.2. The second kappa shape index (κ2) is 8.60. The summed E-state index contributed by atoms with van der Waals surface area (Å²) >= 11 is 0. The second-order valence-corrected chi connectivity index (χ2v) is 10.2. The van der Waals surface area contributed by atoms with Crippen molar-refractivity contribution >= 4 is 38.5 Å². The molecule has 1 aliphatic rings. The van der Waals surface area contributed by atoms with Crippen LogP contribution in [0.5, 0.6) is 11.5 Å². The summed E-state index contributed by atoms with van der Waals surface area (Å²) in [5.74, 6) is 0.143. The third-order valence-corrected chi connectivity index (χ3v) is 7.40. The lowest BCUT2D eigenvalue weighted by atomic mass is 9.86. The van der Waals surface area contributed by atoms with E-state index in [1.807, 2.05) is 54.1 Å². The largest absolute Gasteiger partial charge is 0.496 e. The minimum atomic E-state index is -1.27. The van der Waals surface area contributed by atoms with Crippen molar-refractivity contribution in [2.24, 2.45) is 7.05 Å². The van der Waals surface area contributed by atoms with Crippen molar-refractivity contribution in [3.05, 3.63) is 94.1 Å². The summed E-state index contributed by atoms with van der Waals surface area (Å²) in [6.07, 6.45) is -2.31. The maximum absolute atomic E-state index is 13.9. The first-order valence-electron chi connectivity index (χ1n) is 12.4. The lowest BCUT2D eigenvalue weighted by Crippen LogP contribution is -2.51. The monoisotopic (exact) mass is 509 g/mol. The average Bonchev–Trinajstić information content (AvgIpc) is 2.92.